The molecule has 126 valence electrons. The van der Waals surface area contributed by atoms with Crippen LogP contribution < -0.4 is 16.0 Å². The van der Waals surface area contributed by atoms with E-state index in [-0.39, 0.29) is 17.6 Å². The molecule has 7 heteroatoms. The van der Waals surface area contributed by atoms with Crippen molar-refractivity contribution in [3.63, 3.8) is 0 Å². The normalized spacial score (nSPS) is 14.0. The lowest BCUT2D eigenvalue weighted by Crippen LogP contribution is -2.48. The summed E-state index contributed by atoms with van der Waals surface area (Å²) in [5.74, 6) is 0.475. The molecule has 1 aliphatic heterocycles. The topological polar surface area (TPSA) is 83.4 Å². The Kier molecular flexibility index (Phi) is 5.32. The van der Waals surface area contributed by atoms with Gasteiger partial charge >= 0.3 is 0 Å². The predicted octanol–water partition coefficient (Wildman–Crippen LogP) is 2.17. The van der Waals surface area contributed by atoms with Crippen molar-refractivity contribution in [1.29, 1.82) is 0 Å². The van der Waals surface area contributed by atoms with Gasteiger partial charge in [0.1, 0.15) is 0 Å². The molecule has 1 aliphatic rings. The molecule has 3 N–H and O–H groups in total. The average Bonchev–Trinajstić information content (AvgIpc) is 2.94. The fraction of sp³-hybridized carbons (Fsp3) is 0.294. The minimum Gasteiger partial charge on any atom is -0.444 e. The van der Waals surface area contributed by atoms with E-state index in [1.165, 1.54) is 0 Å². The molecule has 3 rings (SSSR count). The molecule has 0 saturated carbocycles. The molecule has 1 saturated heterocycles. The average molecular weight is 392 g/mol. The maximum absolute atomic E-state index is 12.0. The van der Waals surface area contributed by atoms with Crippen LogP contribution in [0.4, 0.5) is 5.69 Å². The van der Waals surface area contributed by atoms with Gasteiger partial charge in [-0.25, -0.2) is 0 Å². The molecule has 0 unspecified atom stereocenters. The molecule has 2 heterocycles. The van der Waals surface area contributed by atoms with Crippen molar-refractivity contribution in [3.8, 4) is 0 Å². The largest absolute Gasteiger partial charge is 0.444 e. The van der Waals surface area contributed by atoms with Gasteiger partial charge in [-0.2, -0.15) is 0 Å². The molecule has 0 radical (unpaired) electrons. The van der Waals surface area contributed by atoms with Gasteiger partial charge < -0.3 is 20.4 Å². The molecule has 0 bridgehead atoms. The number of benzene rings is 1. The number of anilines is 1. The van der Waals surface area contributed by atoms with E-state index in [1.54, 1.807) is 24.3 Å². The third-order valence-electron chi connectivity index (χ3n) is 3.83. The second-order valence-electron chi connectivity index (χ2n) is 5.76. The lowest BCUT2D eigenvalue weighted by molar-refractivity contribution is -0.120. The molecule has 24 heavy (non-hydrogen) atoms. The molecule has 0 spiro atoms. The SMILES string of the molecule is O=C(Cc1ccc(NC(=O)c2ccc(Br)o2)cc1)NCC1CNC1. The maximum Gasteiger partial charge on any atom is 0.291 e. The Morgan fingerprint density at radius 3 is 2.50 bits per heavy atom. The summed E-state index contributed by atoms with van der Waals surface area (Å²) in [6.07, 6.45) is 0.333. The first-order chi connectivity index (χ1) is 11.6. The van der Waals surface area contributed by atoms with Crippen LogP contribution in [0.2, 0.25) is 0 Å². The van der Waals surface area contributed by atoms with Crippen LogP contribution in [0.25, 0.3) is 0 Å². The van der Waals surface area contributed by atoms with E-state index in [0.29, 0.717) is 22.7 Å². The monoisotopic (exact) mass is 391 g/mol. The number of carbonyl (C=O) groups excluding carboxylic acids is 2. The Morgan fingerprint density at radius 2 is 1.92 bits per heavy atom. The molecule has 6 nitrogen and oxygen atoms in total. The summed E-state index contributed by atoms with van der Waals surface area (Å²) in [7, 11) is 0. The van der Waals surface area contributed by atoms with Gasteiger partial charge in [-0.15, -0.1) is 0 Å². The van der Waals surface area contributed by atoms with Crippen molar-refractivity contribution in [2.24, 2.45) is 5.92 Å². The molecule has 1 fully saturated rings. The van der Waals surface area contributed by atoms with Gasteiger partial charge in [0.2, 0.25) is 5.91 Å². The number of rotatable bonds is 6. The highest BCUT2D eigenvalue weighted by molar-refractivity contribution is 9.10. The first kappa shape index (κ1) is 16.7. The van der Waals surface area contributed by atoms with Gasteiger partial charge in [-0.1, -0.05) is 12.1 Å². The zero-order valence-corrected chi connectivity index (χ0v) is 14.6. The highest BCUT2D eigenvalue weighted by atomic mass is 79.9. The number of hydrogen-bond donors (Lipinski definition) is 3. The van der Waals surface area contributed by atoms with Gasteiger partial charge in [0.05, 0.1) is 6.42 Å². The summed E-state index contributed by atoms with van der Waals surface area (Å²) in [6.45, 7) is 2.67. The fourth-order valence-corrected chi connectivity index (χ4v) is 2.64. The third kappa shape index (κ3) is 4.46. The summed E-state index contributed by atoms with van der Waals surface area (Å²) >= 11 is 3.16. The minimum absolute atomic E-state index is 0.0131. The van der Waals surface area contributed by atoms with Crippen LogP contribution in [-0.4, -0.2) is 31.4 Å². The molecular weight excluding hydrogens is 374 g/mol. The molecular formula is C17H18BrN3O3. The van der Waals surface area contributed by atoms with Crippen LogP contribution in [0.3, 0.4) is 0 Å². The third-order valence-corrected chi connectivity index (χ3v) is 4.25. The highest BCUT2D eigenvalue weighted by Gasteiger charge is 2.17. The molecule has 1 aromatic heterocycles. The van der Waals surface area contributed by atoms with Crippen molar-refractivity contribution in [1.82, 2.24) is 10.6 Å². The van der Waals surface area contributed by atoms with Gasteiger partial charge in [0.15, 0.2) is 10.4 Å². The van der Waals surface area contributed by atoms with Crippen molar-refractivity contribution in [2.75, 3.05) is 25.0 Å². The van der Waals surface area contributed by atoms with Crippen LogP contribution in [0.15, 0.2) is 45.5 Å². The molecule has 0 aliphatic carbocycles. The second-order valence-corrected chi connectivity index (χ2v) is 6.54. The van der Waals surface area contributed by atoms with E-state index < -0.39 is 0 Å². The Bertz CT molecular complexity index is 723. The van der Waals surface area contributed by atoms with E-state index in [9.17, 15) is 9.59 Å². The zero-order valence-electron chi connectivity index (χ0n) is 13.0. The Hall–Kier alpha value is -2.12. The van der Waals surface area contributed by atoms with Crippen LogP contribution in [0.1, 0.15) is 16.1 Å². The molecule has 2 amide bonds. The second kappa shape index (κ2) is 7.63. The van der Waals surface area contributed by atoms with Crippen molar-refractivity contribution >= 4 is 33.4 Å². The molecule has 1 aromatic carbocycles. The summed E-state index contributed by atoms with van der Waals surface area (Å²) in [5, 5.41) is 8.86. The van der Waals surface area contributed by atoms with Gasteiger partial charge in [0, 0.05) is 31.2 Å². The summed E-state index contributed by atoms with van der Waals surface area (Å²) < 4.78 is 5.71. The standard InChI is InChI=1S/C17H18BrN3O3/c18-15-6-5-14(24-15)17(23)21-13-3-1-11(2-4-13)7-16(22)20-10-12-8-19-9-12/h1-6,12,19H,7-10H2,(H,20,22)(H,21,23). The van der Waals surface area contributed by atoms with Crippen LogP contribution >= 0.6 is 15.9 Å². The van der Waals surface area contributed by atoms with Gasteiger partial charge in [0.25, 0.3) is 5.91 Å². The highest BCUT2D eigenvalue weighted by Crippen LogP contribution is 2.16. The summed E-state index contributed by atoms with van der Waals surface area (Å²) in [6, 6.07) is 10.5. The van der Waals surface area contributed by atoms with E-state index in [0.717, 1.165) is 25.2 Å². The predicted molar refractivity (Wildman–Crippen MR) is 93.9 cm³/mol. The summed E-state index contributed by atoms with van der Waals surface area (Å²) in [4.78, 5) is 23.9. The van der Waals surface area contributed by atoms with E-state index in [2.05, 4.69) is 31.9 Å². The van der Waals surface area contributed by atoms with E-state index >= 15 is 0 Å². The number of hydrogen-bond acceptors (Lipinski definition) is 4. The first-order valence-corrected chi connectivity index (χ1v) is 8.52. The number of halogens is 1. The fourth-order valence-electron chi connectivity index (χ4n) is 2.33. The number of furan rings is 1. The van der Waals surface area contributed by atoms with E-state index in [1.807, 2.05) is 12.1 Å². The first-order valence-electron chi connectivity index (χ1n) is 7.73. The quantitative estimate of drug-likeness (QED) is 0.704. The smallest absolute Gasteiger partial charge is 0.291 e. The molecule has 2 aromatic rings. The van der Waals surface area contributed by atoms with Crippen molar-refractivity contribution < 1.29 is 14.0 Å². The lowest BCUT2D eigenvalue weighted by Gasteiger charge is -2.27. The zero-order chi connectivity index (χ0) is 16.9. The Labute approximate surface area is 148 Å². The lowest BCUT2D eigenvalue weighted by atomic mass is 10.0. The number of nitrogens with one attached hydrogen (secondary N) is 3. The van der Waals surface area contributed by atoms with Gasteiger partial charge in [-0.3, -0.25) is 9.59 Å². The Morgan fingerprint density at radius 1 is 1.17 bits per heavy atom. The van der Waals surface area contributed by atoms with Gasteiger partial charge in [-0.05, 0) is 45.8 Å². The number of amides is 2. The van der Waals surface area contributed by atoms with Crippen molar-refractivity contribution in [2.45, 2.75) is 6.42 Å². The Balaban J connectivity index is 1.49. The maximum atomic E-state index is 12.0. The van der Waals surface area contributed by atoms with Crippen LogP contribution in [0, 0.1) is 5.92 Å². The van der Waals surface area contributed by atoms with Crippen LogP contribution in [0.5, 0.6) is 0 Å². The minimum atomic E-state index is -0.319. The molecule has 0 atom stereocenters. The summed E-state index contributed by atoms with van der Waals surface area (Å²) in [5.41, 5.74) is 1.55. The van der Waals surface area contributed by atoms with E-state index in [4.69, 9.17) is 4.42 Å². The van der Waals surface area contributed by atoms with Crippen LogP contribution in [-0.2, 0) is 11.2 Å². The number of carbonyl (C=O) groups is 2. The van der Waals surface area contributed by atoms with Crippen molar-refractivity contribution in [3.05, 3.63) is 52.4 Å².